The van der Waals surface area contributed by atoms with E-state index in [2.05, 4.69) is 49.1 Å². The van der Waals surface area contributed by atoms with Gasteiger partial charge >= 0.3 is 6.09 Å². The summed E-state index contributed by atoms with van der Waals surface area (Å²) in [4.78, 5) is 16.5. The number of carbonyl (C=O) groups excluding carboxylic acids is 1. The van der Waals surface area contributed by atoms with Crippen molar-refractivity contribution in [1.29, 1.82) is 0 Å². The SMILES string of the molecule is CC(C)(C)c1csc(-c2ccc(CNNC(=O)OCc3ccccc3)cc2)n1. The van der Waals surface area contributed by atoms with Gasteiger partial charge in [0.25, 0.3) is 0 Å². The van der Waals surface area contributed by atoms with Crippen molar-refractivity contribution in [2.45, 2.75) is 39.3 Å². The minimum absolute atomic E-state index is 0.0550. The number of hydrogen-bond donors (Lipinski definition) is 2. The van der Waals surface area contributed by atoms with E-state index in [1.807, 2.05) is 42.5 Å². The van der Waals surface area contributed by atoms with E-state index in [1.54, 1.807) is 11.3 Å². The van der Waals surface area contributed by atoms with Crippen LogP contribution in [0.1, 0.15) is 37.6 Å². The summed E-state index contributed by atoms with van der Waals surface area (Å²) in [6.45, 7) is 7.24. The van der Waals surface area contributed by atoms with Crippen LogP contribution in [0.5, 0.6) is 0 Å². The molecule has 0 saturated heterocycles. The van der Waals surface area contributed by atoms with Crippen LogP contribution in [0.15, 0.2) is 60.0 Å². The quantitative estimate of drug-likeness (QED) is 0.574. The third-order valence-corrected chi connectivity index (χ3v) is 5.06. The molecule has 28 heavy (non-hydrogen) atoms. The Labute approximate surface area is 169 Å². The highest BCUT2D eigenvalue weighted by atomic mass is 32.1. The fourth-order valence-corrected chi connectivity index (χ4v) is 3.55. The van der Waals surface area contributed by atoms with E-state index in [0.29, 0.717) is 6.54 Å². The van der Waals surface area contributed by atoms with Crippen molar-refractivity contribution in [3.63, 3.8) is 0 Å². The molecule has 2 N–H and O–H groups in total. The highest BCUT2D eigenvalue weighted by Gasteiger charge is 2.17. The summed E-state index contributed by atoms with van der Waals surface area (Å²) >= 11 is 1.66. The lowest BCUT2D eigenvalue weighted by Crippen LogP contribution is -2.37. The molecule has 1 aromatic heterocycles. The Morgan fingerprint density at radius 3 is 2.39 bits per heavy atom. The molecule has 0 unspecified atom stereocenters. The number of amides is 1. The van der Waals surface area contributed by atoms with Gasteiger partial charge in [-0.05, 0) is 11.1 Å². The molecule has 0 fully saturated rings. The van der Waals surface area contributed by atoms with Crippen molar-refractivity contribution in [1.82, 2.24) is 15.8 Å². The van der Waals surface area contributed by atoms with Gasteiger partial charge in [-0.15, -0.1) is 11.3 Å². The van der Waals surface area contributed by atoms with Crippen molar-refractivity contribution < 1.29 is 9.53 Å². The largest absolute Gasteiger partial charge is 0.444 e. The second-order valence-electron chi connectivity index (χ2n) is 7.53. The molecule has 2 aromatic carbocycles. The first-order chi connectivity index (χ1) is 13.4. The van der Waals surface area contributed by atoms with Crippen molar-refractivity contribution in [3.8, 4) is 10.6 Å². The zero-order valence-corrected chi connectivity index (χ0v) is 17.2. The number of thiazole rings is 1. The Morgan fingerprint density at radius 2 is 1.75 bits per heavy atom. The number of nitrogens with one attached hydrogen (secondary N) is 2. The molecule has 0 bridgehead atoms. The molecule has 0 aliphatic heterocycles. The molecule has 3 aromatic rings. The molecule has 146 valence electrons. The summed E-state index contributed by atoms with van der Waals surface area (Å²) < 4.78 is 5.15. The van der Waals surface area contributed by atoms with Crippen molar-refractivity contribution >= 4 is 17.4 Å². The molecular formula is C22H25N3O2S. The van der Waals surface area contributed by atoms with Gasteiger partial charge in [0.2, 0.25) is 0 Å². The first-order valence-corrected chi connectivity index (χ1v) is 10.0. The zero-order chi connectivity index (χ0) is 20.0. The lowest BCUT2D eigenvalue weighted by atomic mass is 9.93. The summed E-state index contributed by atoms with van der Waals surface area (Å²) in [5.74, 6) is 0. The second kappa shape index (κ2) is 8.99. The molecule has 5 nitrogen and oxygen atoms in total. The van der Waals surface area contributed by atoms with Gasteiger partial charge in [0.15, 0.2) is 0 Å². The highest BCUT2D eigenvalue weighted by Crippen LogP contribution is 2.29. The van der Waals surface area contributed by atoms with Gasteiger partial charge in [-0.2, -0.15) is 0 Å². The van der Waals surface area contributed by atoms with E-state index in [0.717, 1.165) is 27.4 Å². The van der Waals surface area contributed by atoms with E-state index in [9.17, 15) is 4.79 Å². The van der Waals surface area contributed by atoms with Crippen molar-refractivity contribution in [2.75, 3.05) is 0 Å². The first-order valence-electron chi connectivity index (χ1n) is 9.17. The van der Waals surface area contributed by atoms with Crippen LogP contribution in [0.2, 0.25) is 0 Å². The number of ether oxygens (including phenoxy) is 1. The number of hydrazine groups is 1. The number of benzene rings is 2. The minimum Gasteiger partial charge on any atom is -0.444 e. The minimum atomic E-state index is -0.502. The van der Waals surface area contributed by atoms with Crippen molar-refractivity contribution in [2.24, 2.45) is 0 Å². The Morgan fingerprint density at radius 1 is 1.04 bits per heavy atom. The molecule has 1 heterocycles. The van der Waals surface area contributed by atoms with E-state index in [4.69, 9.17) is 9.72 Å². The van der Waals surface area contributed by atoms with E-state index >= 15 is 0 Å². The molecule has 0 radical (unpaired) electrons. The van der Waals surface area contributed by atoms with Gasteiger partial charge in [0.1, 0.15) is 11.6 Å². The lowest BCUT2D eigenvalue weighted by molar-refractivity contribution is 0.134. The number of rotatable bonds is 6. The van der Waals surface area contributed by atoms with E-state index < -0.39 is 6.09 Å². The monoisotopic (exact) mass is 395 g/mol. The number of nitrogens with zero attached hydrogens (tertiary/aromatic N) is 1. The van der Waals surface area contributed by atoms with E-state index in [1.165, 1.54) is 0 Å². The van der Waals surface area contributed by atoms with Crippen LogP contribution in [-0.2, 0) is 23.3 Å². The summed E-state index contributed by atoms with van der Waals surface area (Å²) in [5.41, 5.74) is 9.69. The van der Waals surface area contributed by atoms with Crippen LogP contribution in [0.25, 0.3) is 10.6 Å². The fraction of sp³-hybridized carbons (Fsp3) is 0.273. The molecule has 1 amide bonds. The molecule has 0 aliphatic rings. The number of aromatic nitrogens is 1. The third kappa shape index (κ3) is 5.65. The number of carbonyl (C=O) groups is 1. The van der Waals surface area contributed by atoms with Gasteiger partial charge < -0.3 is 4.74 Å². The maximum Gasteiger partial charge on any atom is 0.421 e. The smallest absolute Gasteiger partial charge is 0.421 e. The Balaban J connectivity index is 1.45. The second-order valence-corrected chi connectivity index (χ2v) is 8.38. The van der Waals surface area contributed by atoms with Gasteiger partial charge in [0.05, 0.1) is 5.69 Å². The first kappa shape index (κ1) is 20.0. The summed E-state index contributed by atoms with van der Waals surface area (Å²) in [5, 5.41) is 3.14. The molecule has 0 atom stereocenters. The van der Waals surface area contributed by atoms with Crippen LogP contribution in [0.4, 0.5) is 4.79 Å². The van der Waals surface area contributed by atoms with Gasteiger partial charge in [-0.3, -0.25) is 5.43 Å². The number of hydrogen-bond acceptors (Lipinski definition) is 5. The summed E-state index contributed by atoms with van der Waals surface area (Å²) in [6.07, 6.45) is -0.502. The highest BCUT2D eigenvalue weighted by molar-refractivity contribution is 7.13. The van der Waals surface area contributed by atoms with Crippen LogP contribution in [0, 0.1) is 0 Å². The Kier molecular flexibility index (Phi) is 6.44. The van der Waals surface area contributed by atoms with Crippen LogP contribution in [-0.4, -0.2) is 11.1 Å². The van der Waals surface area contributed by atoms with Crippen LogP contribution >= 0.6 is 11.3 Å². The molecule has 3 rings (SSSR count). The summed E-state index contributed by atoms with van der Waals surface area (Å²) in [6, 6.07) is 17.7. The Bertz CT molecular complexity index is 900. The third-order valence-electron chi connectivity index (χ3n) is 4.17. The van der Waals surface area contributed by atoms with Gasteiger partial charge in [0, 0.05) is 22.9 Å². The molecule has 6 heteroatoms. The Hall–Kier alpha value is -2.70. The van der Waals surface area contributed by atoms with Crippen LogP contribution < -0.4 is 10.9 Å². The lowest BCUT2D eigenvalue weighted by Gasteiger charge is -2.14. The summed E-state index contributed by atoms with van der Waals surface area (Å²) in [7, 11) is 0. The normalized spacial score (nSPS) is 11.2. The van der Waals surface area contributed by atoms with Crippen molar-refractivity contribution in [3.05, 3.63) is 76.8 Å². The topological polar surface area (TPSA) is 63.2 Å². The molecule has 0 saturated carbocycles. The molecule has 0 aliphatic carbocycles. The standard InChI is InChI=1S/C22H25N3O2S/c1-22(2,3)19-15-28-20(24-19)18-11-9-16(10-12-18)13-23-25-21(26)27-14-17-7-5-4-6-8-17/h4-12,15,23H,13-14H2,1-3H3,(H,25,26). The van der Waals surface area contributed by atoms with Crippen LogP contribution in [0.3, 0.4) is 0 Å². The average molecular weight is 396 g/mol. The van der Waals surface area contributed by atoms with Gasteiger partial charge in [-0.25, -0.2) is 15.2 Å². The molecular weight excluding hydrogens is 370 g/mol. The fourth-order valence-electron chi connectivity index (χ4n) is 2.49. The average Bonchev–Trinajstić information content (AvgIpc) is 3.18. The van der Waals surface area contributed by atoms with E-state index in [-0.39, 0.29) is 12.0 Å². The predicted octanol–water partition coefficient (Wildman–Crippen LogP) is 5.04. The maximum atomic E-state index is 11.7. The van der Waals surface area contributed by atoms with Gasteiger partial charge in [-0.1, -0.05) is 75.4 Å². The maximum absolute atomic E-state index is 11.7. The predicted molar refractivity (Wildman–Crippen MR) is 113 cm³/mol. The zero-order valence-electron chi connectivity index (χ0n) is 16.4. The molecule has 0 spiro atoms.